The molecule has 0 N–H and O–H groups in total. The van der Waals surface area contributed by atoms with Crippen LogP contribution >= 0.6 is 0 Å². The van der Waals surface area contributed by atoms with Crippen molar-refractivity contribution in [3.8, 4) is 0 Å². The molecule has 0 radical (unpaired) electrons. The summed E-state index contributed by atoms with van der Waals surface area (Å²) in [6.45, 7) is 6.62. The maximum Gasteiger partial charge on any atom is 0.309 e. The number of ether oxygens (including phenoxy) is 1. The first-order valence-corrected chi connectivity index (χ1v) is 12.6. The van der Waals surface area contributed by atoms with Gasteiger partial charge >= 0.3 is 5.97 Å². The van der Waals surface area contributed by atoms with E-state index in [0.29, 0.717) is 0 Å². The van der Waals surface area contributed by atoms with Gasteiger partial charge in [-0.3, -0.25) is 4.79 Å². The number of hydrogen-bond donors (Lipinski definition) is 0. The second kappa shape index (κ2) is 9.17. The minimum Gasteiger partial charge on any atom is -0.458 e. The Morgan fingerprint density at radius 3 is 1.85 bits per heavy atom. The third-order valence-corrected chi connectivity index (χ3v) is 8.08. The lowest BCUT2D eigenvalue weighted by molar-refractivity contribution is -0.155. The first-order valence-electron chi connectivity index (χ1n) is 12.6. The quantitative estimate of drug-likeness (QED) is 0.230. The molecule has 0 bridgehead atoms. The van der Waals surface area contributed by atoms with Crippen LogP contribution in [-0.4, -0.2) is 5.97 Å². The molecule has 2 atom stereocenters. The zero-order chi connectivity index (χ0) is 22.9. The molecule has 1 aliphatic rings. The summed E-state index contributed by atoms with van der Waals surface area (Å²) in [6.07, 6.45) is 5.21. The van der Waals surface area contributed by atoms with E-state index >= 15 is 0 Å². The normalized spacial score (nSPS) is 20.7. The summed E-state index contributed by atoms with van der Waals surface area (Å²) in [5.74, 6) is 1.55. The van der Waals surface area contributed by atoms with Gasteiger partial charge in [0.1, 0.15) is 6.10 Å². The van der Waals surface area contributed by atoms with Crippen LogP contribution in [0.3, 0.4) is 0 Å². The van der Waals surface area contributed by atoms with Crippen LogP contribution in [0.2, 0.25) is 0 Å². The van der Waals surface area contributed by atoms with Gasteiger partial charge in [0, 0.05) is 0 Å². The van der Waals surface area contributed by atoms with Gasteiger partial charge in [-0.25, -0.2) is 0 Å². The Bertz CT molecular complexity index is 1260. The van der Waals surface area contributed by atoms with Crippen molar-refractivity contribution >= 4 is 38.3 Å². The van der Waals surface area contributed by atoms with Crippen molar-refractivity contribution in [2.75, 3.05) is 0 Å². The molecule has 1 saturated carbocycles. The van der Waals surface area contributed by atoms with Crippen molar-refractivity contribution in [1.82, 2.24) is 0 Å². The van der Waals surface area contributed by atoms with Crippen molar-refractivity contribution in [2.45, 2.75) is 59.0 Å². The molecule has 4 aromatic carbocycles. The first-order chi connectivity index (χ1) is 16.1. The molecule has 0 heterocycles. The van der Waals surface area contributed by atoms with E-state index in [1.807, 2.05) is 6.92 Å². The maximum atomic E-state index is 13.0. The van der Waals surface area contributed by atoms with Crippen LogP contribution in [0.15, 0.2) is 66.7 Å². The molecule has 0 aromatic heterocycles. The lowest BCUT2D eigenvalue weighted by Crippen LogP contribution is -2.26. The van der Waals surface area contributed by atoms with Crippen molar-refractivity contribution in [1.29, 1.82) is 0 Å². The molecular formula is C31H34O2. The Hall–Kier alpha value is -2.87. The summed E-state index contributed by atoms with van der Waals surface area (Å²) in [5, 5.41) is 7.52. The number of esters is 1. The topological polar surface area (TPSA) is 26.3 Å². The molecule has 0 amide bonds. The van der Waals surface area contributed by atoms with Crippen LogP contribution in [0.25, 0.3) is 32.3 Å². The van der Waals surface area contributed by atoms with Gasteiger partial charge in [-0.2, -0.15) is 0 Å². The molecule has 170 valence electrons. The fourth-order valence-electron chi connectivity index (χ4n) is 5.77. The SMILES string of the molecule is CCC(C)C1CCC(C(=O)OC(C)c2ccc3c4ccccc4c4ccccc4c3c2)CC1. The Morgan fingerprint density at radius 1 is 0.788 bits per heavy atom. The highest BCUT2D eigenvalue weighted by Crippen LogP contribution is 2.38. The van der Waals surface area contributed by atoms with Gasteiger partial charge in [0.05, 0.1) is 5.92 Å². The average Bonchev–Trinajstić information content (AvgIpc) is 2.88. The Kier molecular flexibility index (Phi) is 6.10. The van der Waals surface area contributed by atoms with E-state index in [-0.39, 0.29) is 18.0 Å². The van der Waals surface area contributed by atoms with E-state index in [4.69, 9.17) is 4.74 Å². The third-order valence-electron chi connectivity index (χ3n) is 8.08. The van der Waals surface area contributed by atoms with Crippen LogP contribution in [0.1, 0.15) is 64.5 Å². The van der Waals surface area contributed by atoms with Crippen LogP contribution < -0.4 is 0 Å². The number of rotatable bonds is 5. The predicted molar refractivity (Wildman–Crippen MR) is 138 cm³/mol. The molecule has 5 rings (SSSR count). The smallest absolute Gasteiger partial charge is 0.309 e. The van der Waals surface area contributed by atoms with Gasteiger partial charge < -0.3 is 4.74 Å². The monoisotopic (exact) mass is 438 g/mol. The van der Waals surface area contributed by atoms with Crippen LogP contribution in [0.5, 0.6) is 0 Å². The molecule has 0 aliphatic heterocycles. The molecule has 1 fully saturated rings. The Morgan fingerprint density at radius 2 is 1.30 bits per heavy atom. The number of benzene rings is 4. The van der Waals surface area contributed by atoms with E-state index in [1.54, 1.807) is 0 Å². The average molecular weight is 439 g/mol. The number of fused-ring (bicyclic) bond motifs is 6. The summed E-state index contributed by atoms with van der Waals surface area (Å²) in [6, 6.07) is 23.7. The van der Waals surface area contributed by atoms with Gasteiger partial charge in [-0.05, 0) is 88.4 Å². The van der Waals surface area contributed by atoms with Gasteiger partial charge in [0.2, 0.25) is 0 Å². The van der Waals surface area contributed by atoms with E-state index in [2.05, 4.69) is 80.6 Å². The molecule has 2 unspecified atom stereocenters. The van der Waals surface area contributed by atoms with Crippen molar-refractivity contribution < 1.29 is 9.53 Å². The lowest BCUT2D eigenvalue weighted by Gasteiger charge is -2.31. The molecule has 0 saturated heterocycles. The van der Waals surface area contributed by atoms with Crippen LogP contribution in [0, 0.1) is 17.8 Å². The standard InChI is InChI=1S/C31H34O2/c1-4-20(2)22-13-15-23(16-14-22)31(32)33-21(3)24-17-18-29-27-11-6-5-9-25(27)26-10-7-8-12-28(26)30(29)19-24/h5-12,17-23H,4,13-16H2,1-3H3. The zero-order valence-corrected chi connectivity index (χ0v) is 20.0. The van der Waals surface area contributed by atoms with Crippen LogP contribution in [0.4, 0.5) is 0 Å². The summed E-state index contributed by atoms with van der Waals surface area (Å²) in [5.41, 5.74) is 1.06. The summed E-state index contributed by atoms with van der Waals surface area (Å²) in [4.78, 5) is 13.0. The molecule has 0 spiro atoms. The fourth-order valence-corrected chi connectivity index (χ4v) is 5.77. The highest BCUT2D eigenvalue weighted by atomic mass is 16.5. The van der Waals surface area contributed by atoms with Crippen molar-refractivity contribution in [3.63, 3.8) is 0 Å². The van der Waals surface area contributed by atoms with E-state index in [9.17, 15) is 4.79 Å². The minimum absolute atomic E-state index is 0.0198. The van der Waals surface area contributed by atoms with Gasteiger partial charge in [0.25, 0.3) is 0 Å². The van der Waals surface area contributed by atoms with E-state index in [1.165, 1.54) is 38.7 Å². The number of carbonyl (C=O) groups is 1. The molecule has 2 nitrogen and oxygen atoms in total. The lowest BCUT2D eigenvalue weighted by atomic mass is 9.75. The van der Waals surface area contributed by atoms with Crippen molar-refractivity contribution in [3.05, 3.63) is 72.3 Å². The molecule has 33 heavy (non-hydrogen) atoms. The maximum absolute atomic E-state index is 13.0. The summed E-state index contributed by atoms with van der Waals surface area (Å²) < 4.78 is 6.01. The van der Waals surface area contributed by atoms with Crippen molar-refractivity contribution in [2.24, 2.45) is 17.8 Å². The second-order valence-electron chi connectivity index (χ2n) is 9.97. The zero-order valence-electron chi connectivity index (χ0n) is 20.0. The summed E-state index contributed by atoms with van der Waals surface area (Å²) >= 11 is 0. The second-order valence-corrected chi connectivity index (χ2v) is 9.97. The van der Waals surface area contributed by atoms with Gasteiger partial charge in [-0.15, -0.1) is 0 Å². The molecular weight excluding hydrogens is 404 g/mol. The molecule has 4 aromatic rings. The van der Waals surface area contributed by atoms with E-state index in [0.717, 1.165) is 43.1 Å². The Balaban J connectivity index is 1.41. The highest BCUT2D eigenvalue weighted by molar-refractivity contribution is 6.25. The summed E-state index contributed by atoms with van der Waals surface area (Å²) in [7, 11) is 0. The highest BCUT2D eigenvalue weighted by Gasteiger charge is 2.30. The number of carbonyl (C=O) groups excluding carboxylic acids is 1. The predicted octanol–water partition coefficient (Wildman–Crippen LogP) is 8.60. The first kappa shape index (κ1) is 21.9. The van der Waals surface area contributed by atoms with Gasteiger partial charge in [0.15, 0.2) is 0 Å². The Labute approximate surface area is 196 Å². The van der Waals surface area contributed by atoms with Crippen LogP contribution in [-0.2, 0) is 9.53 Å². The third kappa shape index (κ3) is 4.12. The van der Waals surface area contributed by atoms with Gasteiger partial charge in [-0.1, -0.05) is 80.9 Å². The fraction of sp³-hybridized carbons (Fsp3) is 0.387. The minimum atomic E-state index is -0.251. The largest absolute Gasteiger partial charge is 0.458 e. The molecule has 2 heteroatoms. The molecule has 1 aliphatic carbocycles. The number of hydrogen-bond acceptors (Lipinski definition) is 2. The van der Waals surface area contributed by atoms with E-state index < -0.39 is 0 Å².